The minimum atomic E-state index is -0.761. The second-order valence-electron chi connectivity index (χ2n) is 3.76. The first-order valence-electron chi connectivity index (χ1n) is 5.51. The van der Waals surface area contributed by atoms with E-state index < -0.39 is 16.8 Å². The van der Waals surface area contributed by atoms with Crippen LogP contribution in [0.15, 0.2) is 5.10 Å². The molecule has 0 saturated carbocycles. The molecule has 0 fully saturated rings. The van der Waals surface area contributed by atoms with Gasteiger partial charge in [-0.05, 0) is 11.8 Å². The van der Waals surface area contributed by atoms with Crippen LogP contribution in [-0.2, 0) is 17.8 Å². The highest BCUT2D eigenvalue weighted by Crippen LogP contribution is 1.96. The zero-order chi connectivity index (χ0) is 15.2. The van der Waals surface area contributed by atoms with Crippen molar-refractivity contribution in [1.29, 1.82) is 0 Å². The molecular weight excluding hydrogens is 286 g/mol. The maximum atomic E-state index is 11.5. The summed E-state index contributed by atoms with van der Waals surface area (Å²) in [5.74, 6) is -0.814. The van der Waals surface area contributed by atoms with E-state index in [0.29, 0.717) is 5.71 Å². The van der Waals surface area contributed by atoms with Crippen LogP contribution in [0.25, 0.3) is 0 Å². The first-order valence-corrected chi connectivity index (χ1v) is 5.51. The normalized spacial score (nSPS) is 11.4. The summed E-state index contributed by atoms with van der Waals surface area (Å²) in [4.78, 5) is 22.1. The number of H-pyrrole nitrogens is 1. The highest BCUT2D eigenvalue weighted by atomic mass is 16.6. The molecule has 0 spiro atoms. The van der Waals surface area contributed by atoms with Gasteiger partial charge in [0, 0.05) is 5.21 Å². The molecule has 0 radical (unpaired) electrons. The van der Waals surface area contributed by atoms with Gasteiger partial charge in [0.2, 0.25) is 5.91 Å². The summed E-state index contributed by atoms with van der Waals surface area (Å²) >= 11 is 0. The summed E-state index contributed by atoms with van der Waals surface area (Å²) in [5.41, 5.74) is 2.69. The Morgan fingerprint density at radius 3 is 2.95 bits per heavy atom. The number of hydrazone groups is 1. The predicted molar refractivity (Wildman–Crippen MR) is 63.6 cm³/mol. The Labute approximate surface area is 115 Å². The Morgan fingerprint density at radius 2 is 2.33 bits per heavy atom. The number of nitrogens with one attached hydrogen (secondary N) is 2. The van der Waals surface area contributed by atoms with E-state index in [1.165, 1.54) is 0 Å². The van der Waals surface area contributed by atoms with E-state index in [9.17, 15) is 14.9 Å². The van der Waals surface area contributed by atoms with Crippen LogP contribution in [0.2, 0.25) is 0 Å². The molecule has 0 bridgehead atoms. The topological polar surface area (TPSA) is 183 Å². The molecule has 110 valence electrons. The summed E-state index contributed by atoms with van der Waals surface area (Å²) in [6, 6.07) is 0. The number of nitro groups is 1. The van der Waals surface area contributed by atoms with Gasteiger partial charge in [0.05, 0.1) is 22.3 Å². The minimum absolute atomic E-state index is 0.0450. The summed E-state index contributed by atoms with van der Waals surface area (Å²) in [6.45, 7) is 1.63. The fraction of sp³-hybridized carbons (Fsp3) is 0.429. The van der Waals surface area contributed by atoms with Crippen LogP contribution in [0.3, 0.4) is 0 Å². The Morgan fingerprint density at radius 1 is 1.52 bits per heavy atom. The Kier molecular flexibility index (Phi) is 4.17. The molecule has 2 aromatic heterocycles. The number of aromatic nitrogens is 8. The highest BCUT2D eigenvalue weighted by Gasteiger charge is 2.15. The molecule has 2 heterocycles. The second kappa shape index (κ2) is 6.22. The number of nitrogens with zero attached hydrogens (tertiary/aromatic N) is 9. The Hall–Kier alpha value is -3.32. The summed E-state index contributed by atoms with van der Waals surface area (Å²) in [6.07, 6.45) is -0.0830. The average Bonchev–Trinajstić information content (AvgIpc) is 3.08. The molecule has 14 nitrogen and oxygen atoms in total. The van der Waals surface area contributed by atoms with Crippen molar-refractivity contribution >= 4 is 17.6 Å². The third-order valence-electron chi connectivity index (χ3n) is 2.06. The van der Waals surface area contributed by atoms with Gasteiger partial charge >= 0.3 is 5.95 Å². The van der Waals surface area contributed by atoms with E-state index in [0.717, 1.165) is 4.80 Å². The smallest absolute Gasteiger partial charge is 0.390 e. The maximum absolute atomic E-state index is 11.5. The summed E-state index contributed by atoms with van der Waals surface area (Å²) < 4.78 is 0. The fourth-order valence-electron chi connectivity index (χ4n) is 1.21. The number of hydrogen-bond donors (Lipinski definition) is 2. The van der Waals surface area contributed by atoms with Crippen molar-refractivity contribution in [1.82, 2.24) is 46.3 Å². The van der Waals surface area contributed by atoms with Crippen LogP contribution in [0.4, 0.5) is 5.95 Å². The molecule has 0 aromatic carbocycles. The van der Waals surface area contributed by atoms with Gasteiger partial charge in [0.15, 0.2) is 5.82 Å². The Balaban J connectivity index is 1.85. The van der Waals surface area contributed by atoms with Gasteiger partial charge < -0.3 is 10.1 Å². The van der Waals surface area contributed by atoms with Gasteiger partial charge in [0.1, 0.15) is 6.54 Å². The average molecular weight is 295 g/mol. The van der Waals surface area contributed by atoms with E-state index >= 15 is 0 Å². The molecule has 0 saturated heterocycles. The number of aromatic amines is 1. The standard InChI is InChI=1S/C7H9N11O3/c1-4(3-17-13-7(12-16-17)18(20)21)8-11-6(19)2-5-9-14-15-10-5/h2-3H2,1H3,(H,11,19)(H,9,10,14,15)/b8-4-. The lowest BCUT2D eigenvalue weighted by Gasteiger charge is -1.98. The number of tetrazole rings is 2. The number of rotatable bonds is 6. The number of carbonyl (C=O) groups excluding carboxylic acids is 1. The van der Waals surface area contributed by atoms with Crippen LogP contribution in [-0.4, -0.2) is 57.4 Å². The quantitative estimate of drug-likeness (QED) is 0.340. The van der Waals surface area contributed by atoms with E-state index in [-0.39, 0.29) is 18.8 Å². The molecule has 0 unspecified atom stereocenters. The largest absolute Gasteiger partial charge is 0.514 e. The molecule has 21 heavy (non-hydrogen) atoms. The van der Waals surface area contributed by atoms with E-state index in [4.69, 9.17) is 0 Å². The van der Waals surface area contributed by atoms with Crippen LogP contribution < -0.4 is 5.43 Å². The highest BCUT2D eigenvalue weighted by molar-refractivity contribution is 5.84. The molecular formula is C7H9N11O3. The van der Waals surface area contributed by atoms with Gasteiger partial charge in [-0.25, -0.2) is 5.43 Å². The van der Waals surface area contributed by atoms with Crippen LogP contribution in [0.5, 0.6) is 0 Å². The fourth-order valence-corrected chi connectivity index (χ4v) is 1.21. The number of amides is 1. The van der Waals surface area contributed by atoms with Crippen molar-refractivity contribution in [2.75, 3.05) is 0 Å². The van der Waals surface area contributed by atoms with E-state index in [2.05, 4.69) is 46.6 Å². The Bertz CT molecular complexity index is 659. The lowest BCUT2D eigenvalue weighted by atomic mass is 10.4. The van der Waals surface area contributed by atoms with Crippen LogP contribution in [0, 0.1) is 10.1 Å². The predicted octanol–water partition coefficient (Wildman–Crippen LogP) is -2.17. The molecule has 2 rings (SSSR count). The van der Waals surface area contributed by atoms with Gasteiger partial charge in [-0.15, -0.1) is 10.2 Å². The molecule has 0 aliphatic rings. The zero-order valence-electron chi connectivity index (χ0n) is 10.7. The molecule has 1 amide bonds. The van der Waals surface area contributed by atoms with Gasteiger partial charge in [-0.1, -0.05) is 10.0 Å². The van der Waals surface area contributed by atoms with Crippen molar-refractivity contribution in [3.8, 4) is 0 Å². The molecule has 2 aromatic rings. The van der Waals surface area contributed by atoms with Crippen molar-refractivity contribution < 1.29 is 9.72 Å². The van der Waals surface area contributed by atoms with Crippen molar-refractivity contribution in [2.24, 2.45) is 5.10 Å². The second-order valence-corrected chi connectivity index (χ2v) is 3.76. The monoisotopic (exact) mass is 295 g/mol. The summed E-state index contributed by atoms with van der Waals surface area (Å²) in [7, 11) is 0. The first kappa shape index (κ1) is 14.1. The van der Waals surface area contributed by atoms with Crippen molar-refractivity contribution in [3.63, 3.8) is 0 Å². The van der Waals surface area contributed by atoms with Gasteiger partial charge in [-0.3, -0.25) is 4.79 Å². The number of hydrogen-bond acceptors (Lipinski definition) is 10. The lowest BCUT2D eigenvalue weighted by molar-refractivity contribution is -0.394. The third kappa shape index (κ3) is 4.08. The van der Waals surface area contributed by atoms with Crippen LogP contribution >= 0.6 is 0 Å². The molecule has 14 heteroatoms. The molecule has 0 aliphatic carbocycles. The first-order chi connectivity index (χ1) is 10.0. The van der Waals surface area contributed by atoms with E-state index in [1.54, 1.807) is 6.92 Å². The van der Waals surface area contributed by atoms with Crippen LogP contribution in [0.1, 0.15) is 12.7 Å². The molecule has 2 N–H and O–H groups in total. The van der Waals surface area contributed by atoms with Gasteiger partial charge in [-0.2, -0.15) is 10.3 Å². The summed E-state index contributed by atoms with van der Waals surface area (Å²) in [5, 5.41) is 37.1. The van der Waals surface area contributed by atoms with Crippen molar-refractivity contribution in [3.05, 3.63) is 15.9 Å². The molecule has 0 aliphatic heterocycles. The maximum Gasteiger partial charge on any atom is 0.514 e. The van der Waals surface area contributed by atoms with E-state index in [1.807, 2.05) is 0 Å². The minimum Gasteiger partial charge on any atom is -0.390 e. The lowest BCUT2D eigenvalue weighted by Crippen LogP contribution is -2.23. The zero-order valence-corrected chi connectivity index (χ0v) is 10.7. The SMILES string of the molecule is C/C(Cn1nnc([N+](=O)[O-])n1)=N/NC(=O)Cc1nn[nH]n1. The molecule has 0 atom stereocenters. The van der Waals surface area contributed by atoms with Crippen molar-refractivity contribution in [2.45, 2.75) is 19.9 Å². The number of carbonyl (C=O) groups is 1. The van der Waals surface area contributed by atoms with Gasteiger partial charge in [0.25, 0.3) is 0 Å². The third-order valence-corrected chi connectivity index (χ3v) is 2.06.